The summed E-state index contributed by atoms with van der Waals surface area (Å²) < 4.78 is 17.0. The number of hydrogen-bond acceptors (Lipinski definition) is 6. The van der Waals surface area contributed by atoms with Gasteiger partial charge < -0.3 is 19.5 Å². The van der Waals surface area contributed by atoms with Crippen LogP contribution in [0.1, 0.15) is 48.4 Å². The summed E-state index contributed by atoms with van der Waals surface area (Å²) in [7, 11) is 0. The number of fused-ring (bicyclic) bond motifs is 2. The molecule has 1 saturated heterocycles. The average molecular weight is 628 g/mol. The number of imide groups is 1. The van der Waals surface area contributed by atoms with Crippen molar-refractivity contribution in [3.05, 3.63) is 119 Å². The standard InChI is InChI=1S/C39H37N3O5/c1-3-39(30-16-19-33-34(23-30)47-25-46-33)37(43)42(38(44)41-39)20-7-8-21-45-31-17-14-28(15-18-31)35-29(22-27-11-5-4-6-12-27)24-40-36-26(2)10-9-13-32(35)36/h4-6,9-19,23-24H,3,7-8,20-22,25H2,1-2H3,(H,41,44). The van der Waals surface area contributed by atoms with Crippen LogP contribution in [-0.4, -0.2) is 41.8 Å². The second kappa shape index (κ2) is 12.8. The van der Waals surface area contributed by atoms with E-state index in [2.05, 4.69) is 66.8 Å². The molecule has 1 N–H and O–H groups in total. The third kappa shape index (κ3) is 5.76. The minimum atomic E-state index is -1.11. The second-order valence-corrected chi connectivity index (χ2v) is 12.1. The number of aromatic nitrogens is 1. The number of hydrogen-bond donors (Lipinski definition) is 1. The summed E-state index contributed by atoms with van der Waals surface area (Å²) in [5, 5.41) is 4.08. The van der Waals surface area contributed by atoms with Crippen molar-refractivity contribution in [1.29, 1.82) is 0 Å². The zero-order chi connectivity index (χ0) is 32.4. The molecule has 0 bridgehead atoms. The van der Waals surface area contributed by atoms with Crippen molar-refractivity contribution in [2.45, 2.75) is 45.1 Å². The number of amides is 3. The van der Waals surface area contributed by atoms with Crippen LogP contribution in [0.2, 0.25) is 0 Å². The maximum absolute atomic E-state index is 13.6. The molecule has 3 amide bonds. The summed E-state index contributed by atoms with van der Waals surface area (Å²) in [5.74, 6) is 1.75. The van der Waals surface area contributed by atoms with E-state index >= 15 is 0 Å². The number of carbonyl (C=O) groups excluding carboxylic acids is 2. The summed E-state index contributed by atoms with van der Waals surface area (Å²) in [4.78, 5) is 32.6. The van der Waals surface area contributed by atoms with Crippen LogP contribution in [0.5, 0.6) is 17.2 Å². The average Bonchev–Trinajstić information content (AvgIpc) is 3.67. The van der Waals surface area contributed by atoms with E-state index in [4.69, 9.17) is 19.2 Å². The van der Waals surface area contributed by atoms with E-state index in [9.17, 15) is 9.59 Å². The van der Waals surface area contributed by atoms with Crippen LogP contribution < -0.4 is 19.5 Å². The van der Waals surface area contributed by atoms with Crippen molar-refractivity contribution in [3.8, 4) is 28.4 Å². The first-order chi connectivity index (χ1) is 23.0. The van der Waals surface area contributed by atoms with Gasteiger partial charge in [0.2, 0.25) is 6.79 Å². The van der Waals surface area contributed by atoms with Crippen molar-refractivity contribution < 1.29 is 23.8 Å². The number of nitrogens with one attached hydrogen (secondary N) is 1. The molecule has 5 aromatic rings. The fraction of sp³-hybridized carbons (Fsp3) is 0.256. The van der Waals surface area contributed by atoms with Crippen LogP contribution in [-0.2, 0) is 16.8 Å². The first kappa shape index (κ1) is 30.3. The molecule has 3 heterocycles. The summed E-state index contributed by atoms with van der Waals surface area (Å²) in [6.45, 7) is 4.93. The summed E-state index contributed by atoms with van der Waals surface area (Å²) >= 11 is 0. The number of unbranched alkanes of at least 4 members (excludes halogenated alkanes) is 1. The molecule has 8 nitrogen and oxygen atoms in total. The Morgan fingerprint density at radius 3 is 2.53 bits per heavy atom. The van der Waals surface area contributed by atoms with E-state index in [-0.39, 0.29) is 18.7 Å². The molecular formula is C39H37N3O5. The number of urea groups is 1. The predicted molar refractivity (Wildman–Crippen MR) is 181 cm³/mol. The normalized spacial score (nSPS) is 16.9. The van der Waals surface area contributed by atoms with Gasteiger partial charge in [0.1, 0.15) is 11.3 Å². The quantitative estimate of drug-likeness (QED) is 0.120. The topological polar surface area (TPSA) is 90.0 Å². The number of carbonyl (C=O) groups is 2. The third-order valence-electron chi connectivity index (χ3n) is 9.17. The highest BCUT2D eigenvalue weighted by Crippen LogP contribution is 2.40. The molecule has 0 radical (unpaired) electrons. The maximum Gasteiger partial charge on any atom is 0.325 e. The van der Waals surface area contributed by atoms with Crippen molar-refractivity contribution in [2.75, 3.05) is 19.9 Å². The number of nitrogens with zero attached hydrogens (tertiary/aromatic N) is 2. The Kier molecular flexibility index (Phi) is 8.24. The Balaban J connectivity index is 0.990. The molecule has 4 aromatic carbocycles. The number of pyridine rings is 1. The number of benzene rings is 4. The monoisotopic (exact) mass is 627 g/mol. The molecule has 47 heavy (non-hydrogen) atoms. The highest BCUT2D eigenvalue weighted by atomic mass is 16.7. The van der Waals surface area contributed by atoms with Gasteiger partial charge >= 0.3 is 6.03 Å². The molecule has 1 atom stereocenters. The van der Waals surface area contributed by atoms with Crippen LogP contribution >= 0.6 is 0 Å². The van der Waals surface area contributed by atoms with E-state index in [0.717, 1.165) is 34.2 Å². The third-order valence-corrected chi connectivity index (χ3v) is 9.17. The summed E-state index contributed by atoms with van der Waals surface area (Å²) in [6.07, 6.45) is 4.54. The number of ether oxygens (including phenoxy) is 3. The summed E-state index contributed by atoms with van der Waals surface area (Å²) in [6, 6.07) is 30.0. The summed E-state index contributed by atoms with van der Waals surface area (Å²) in [5.41, 5.74) is 6.45. The Hall–Kier alpha value is -5.37. The van der Waals surface area contributed by atoms with Gasteiger partial charge in [0.05, 0.1) is 12.1 Å². The van der Waals surface area contributed by atoms with Gasteiger partial charge in [0.25, 0.3) is 5.91 Å². The van der Waals surface area contributed by atoms with Crippen LogP contribution in [0.15, 0.2) is 97.2 Å². The second-order valence-electron chi connectivity index (χ2n) is 12.1. The van der Waals surface area contributed by atoms with Gasteiger partial charge in [-0.2, -0.15) is 0 Å². The molecule has 8 heteroatoms. The molecule has 0 saturated carbocycles. The van der Waals surface area contributed by atoms with Gasteiger partial charge in [0.15, 0.2) is 11.5 Å². The number of rotatable bonds is 11. The van der Waals surface area contributed by atoms with Crippen LogP contribution in [0.4, 0.5) is 4.79 Å². The van der Waals surface area contributed by atoms with E-state index in [0.29, 0.717) is 49.5 Å². The van der Waals surface area contributed by atoms with E-state index in [1.54, 1.807) is 12.1 Å². The lowest BCUT2D eigenvalue weighted by molar-refractivity contribution is -0.131. The van der Waals surface area contributed by atoms with Crippen LogP contribution in [0, 0.1) is 6.92 Å². The lowest BCUT2D eigenvalue weighted by Gasteiger charge is -2.26. The van der Waals surface area contributed by atoms with Crippen LogP contribution in [0.3, 0.4) is 0 Å². The van der Waals surface area contributed by atoms with Crippen molar-refractivity contribution in [1.82, 2.24) is 15.2 Å². The molecular weight excluding hydrogens is 590 g/mol. The van der Waals surface area contributed by atoms with E-state index < -0.39 is 5.54 Å². The van der Waals surface area contributed by atoms with Crippen molar-refractivity contribution in [2.24, 2.45) is 0 Å². The molecule has 2 aliphatic rings. The first-order valence-corrected chi connectivity index (χ1v) is 16.2. The zero-order valence-electron chi connectivity index (χ0n) is 26.6. The number of para-hydroxylation sites is 1. The van der Waals surface area contributed by atoms with Gasteiger partial charge in [-0.3, -0.25) is 14.7 Å². The van der Waals surface area contributed by atoms with Gasteiger partial charge in [-0.1, -0.05) is 73.7 Å². The predicted octanol–water partition coefficient (Wildman–Crippen LogP) is 7.55. The lowest BCUT2D eigenvalue weighted by Crippen LogP contribution is -2.43. The highest BCUT2D eigenvalue weighted by Gasteiger charge is 2.51. The molecule has 1 fully saturated rings. The molecule has 0 spiro atoms. The van der Waals surface area contributed by atoms with Crippen LogP contribution in [0.25, 0.3) is 22.0 Å². The Morgan fingerprint density at radius 2 is 1.72 bits per heavy atom. The molecule has 0 aliphatic carbocycles. The van der Waals surface area contributed by atoms with E-state index in [1.165, 1.54) is 21.6 Å². The number of aryl methyl sites for hydroxylation is 1. The van der Waals surface area contributed by atoms with Gasteiger partial charge in [-0.25, -0.2) is 4.79 Å². The van der Waals surface area contributed by atoms with Crippen molar-refractivity contribution >= 4 is 22.8 Å². The minimum absolute atomic E-state index is 0.147. The SMILES string of the molecule is CCC1(c2ccc3c(c2)OCO3)NC(=O)N(CCCCOc2ccc(-c3c(Cc4ccccc4)cnc4c(C)cccc34)cc2)C1=O. The zero-order valence-corrected chi connectivity index (χ0v) is 26.6. The van der Waals surface area contributed by atoms with E-state index in [1.807, 2.05) is 37.4 Å². The smallest absolute Gasteiger partial charge is 0.325 e. The minimum Gasteiger partial charge on any atom is -0.494 e. The lowest BCUT2D eigenvalue weighted by atomic mass is 9.87. The molecule has 2 aliphatic heterocycles. The highest BCUT2D eigenvalue weighted by molar-refractivity contribution is 6.07. The molecule has 1 aromatic heterocycles. The fourth-order valence-electron chi connectivity index (χ4n) is 6.61. The fourth-order valence-corrected chi connectivity index (χ4v) is 6.61. The van der Waals surface area contributed by atoms with Gasteiger partial charge in [0, 0.05) is 18.1 Å². The maximum atomic E-state index is 13.6. The Bertz CT molecular complexity index is 1940. The van der Waals surface area contributed by atoms with Crippen molar-refractivity contribution in [3.63, 3.8) is 0 Å². The Labute approximate surface area is 274 Å². The molecule has 1 unspecified atom stereocenters. The Morgan fingerprint density at radius 1 is 0.915 bits per heavy atom. The largest absolute Gasteiger partial charge is 0.494 e. The molecule has 7 rings (SSSR count). The first-order valence-electron chi connectivity index (χ1n) is 16.2. The molecule has 238 valence electrons. The van der Waals surface area contributed by atoms with Gasteiger partial charge in [-0.15, -0.1) is 0 Å². The van der Waals surface area contributed by atoms with Gasteiger partial charge in [-0.05, 0) is 90.3 Å².